The number of carboxylic acids is 1. The van der Waals surface area contributed by atoms with Crippen LogP contribution in [0.4, 0.5) is 10.9 Å². The zero-order valence-electron chi connectivity index (χ0n) is 49.9. The number of para-hydroxylation sites is 1. The first kappa shape index (κ1) is 60.0. The van der Waals surface area contributed by atoms with Gasteiger partial charge in [-0.05, 0) is 131 Å². The lowest BCUT2D eigenvalue weighted by Gasteiger charge is -2.69. The van der Waals surface area contributed by atoms with E-state index in [-0.39, 0.29) is 50.0 Å². The molecular formula is C66H81N7O7S3Si. The van der Waals surface area contributed by atoms with Gasteiger partial charge in [-0.25, -0.2) is 14.8 Å². The number of hydrogen-bond acceptors (Lipinski definition) is 13. The van der Waals surface area contributed by atoms with Crippen molar-refractivity contribution < 1.29 is 31.7 Å². The van der Waals surface area contributed by atoms with Gasteiger partial charge in [-0.15, -0.1) is 0 Å². The van der Waals surface area contributed by atoms with E-state index in [0.717, 1.165) is 70.5 Å². The maximum atomic E-state index is 14.1. The maximum Gasteiger partial charge on any atom is 0.355 e. The number of thiazole rings is 1. The number of nitrogens with one attached hydrogen (secondary N) is 2. The minimum absolute atomic E-state index is 0.0215. The average Bonchev–Trinajstić information content (AvgIpc) is 1.05. The lowest BCUT2D eigenvalue weighted by atomic mass is 9.40. The lowest BCUT2D eigenvalue weighted by Crippen LogP contribution is -2.66. The summed E-state index contributed by atoms with van der Waals surface area (Å²) in [5.74, 6) is 0.117. The second-order valence-electron chi connectivity index (χ2n) is 27.1. The fourth-order valence-corrected chi connectivity index (χ4v) is 24.2. The summed E-state index contributed by atoms with van der Waals surface area (Å²) in [5, 5.41) is 25.4. The number of fused-ring (bicyclic) bond motifs is 2. The van der Waals surface area contributed by atoms with E-state index in [2.05, 4.69) is 138 Å². The highest BCUT2D eigenvalue weighted by molar-refractivity contribution is 8.00. The Kier molecular flexibility index (Phi) is 16.5. The molecule has 14 nitrogen and oxygen atoms in total. The minimum Gasteiger partial charge on any atom is -0.476 e. The smallest absolute Gasteiger partial charge is 0.355 e. The normalized spacial score (nSPS) is 22.4. The number of carboxylic acid groups (broad SMARTS) is 1. The van der Waals surface area contributed by atoms with Gasteiger partial charge in [0.25, 0.3) is 24.3 Å². The van der Waals surface area contributed by atoms with Gasteiger partial charge in [-0.3, -0.25) is 19.0 Å². The summed E-state index contributed by atoms with van der Waals surface area (Å²) in [7, 11) is -6.52. The number of carbonyl (C=O) groups excluding carboxylic acids is 1. The molecule has 4 bridgehead atoms. The zero-order chi connectivity index (χ0) is 59.3. The number of anilines is 2. The van der Waals surface area contributed by atoms with E-state index < -0.39 is 29.8 Å². The molecule has 7 aromatic rings. The van der Waals surface area contributed by atoms with Crippen molar-refractivity contribution in [1.29, 1.82) is 0 Å². The molecule has 4 aromatic carbocycles. The first-order chi connectivity index (χ1) is 39.9. The van der Waals surface area contributed by atoms with Crippen molar-refractivity contribution in [3.8, 4) is 11.1 Å². The summed E-state index contributed by atoms with van der Waals surface area (Å²) < 4.78 is 42.9. The van der Waals surface area contributed by atoms with Gasteiger partial charge in [0, 0.05) is 78.4 Å². The topological polar surface area (TPSA) is 178 Å². The Morgan fingerprint density at radius 1 is 0.833 bits per heavy atom. The molecular weight excluding hydrogens is 1130 g/mol. The van der Waals surface area contributed by atoms with Crippen molar-refractivity contribution in [2.75, 3.05) is 54.6 Å². The highest BCUT2D eigenvalue weighted by Crippen LogP contribution is 2.74. The van der Waals surface area contributed by atoms with Gasteiger partial charge in [-0.1, -0.05) is 151 Å². The van der Waals surface area contributed by atoms with Crippen LogP contribution in [0.25, 0.3) is 21.3 Å². The first-order valence-electron chi connectivity index (χ1n) is 29.7. The van der Waals surface area contributed by atoms with Crippen molar-refractivity contribution in [3.05, 3.63) is 150 Å². The first-order valence-corrected chi connectivity index (χ1v) is 35.0. The largest absolute Gasteiger partial charge is 0.476 e. The second-order valence-corrected chi connectivity index (χ2v) is 35.8. The number of pyridine rings is 1. The number of carbonyl (C=O) groups is 2. The molecule has 4 aliphatic carbocycles. The quantitative estimate of drug-likeness (QED) is 0.0313. The number of benzene rings is 4. The zero-order valence-corrected chi connectivity index (χ0v) is 53.4. The highest BCUT2D eigenvalue weighted by atomic mass is 32.2. The third-order valence-electron chi connectivity index (χ3n) is 18.3. The summed E-state index contributed by atoms with van der Waals surface area (Å²) in [5.41, 5.74) is 5.37. The fraction of sp³-hybridized carbons (Fsp3) is 0.470. The fourth-order valence-electron chi connectivity index (χ4n) is 15.8. The van der Waals surface area contributed by atoms with Crippen LogP contribution in [0.2, 0.25) is 5.04 Å². The van der Waals surface area contributed by atoms with Gasteiger partial charge >= 0.3 is 5.97 Å². The molecule has 2 atom stereocenters. The van der Waals surface area contributed by atoms with Crippen molar-refractivity contribution in [1.82, 2.24) is 25.1 Å². The van der Waals surface area contributed by atoms with Gasteiger partial charge in [0.15, 0.2) is 16.6 Å². The van der Waals surface area contributed by atoms with Gasteiger partial charge in [0.2, 0.25) is 0 Å². The molecule has 3 aromatic heterocycles. The number of rotatable bonds is 23. The highest BCUT2D eigenvalue weighted by Gasteiger charge is 2.66. The van der Waals surface area contributed by atoms with Crippen LogP contribution in [0.1, 0.15) is 131 Å². The van der Waals surface area contributed by atoms with E-state index in [1.54, 1.807) is 6.07 Å². The van der Waals surface area contributed by atoms with Gasteiger partial charge in [0.05, 0.1) is 22.6 Å². The van der Waals surface area contributed by atoms with Crippen molar-refractivity contribution >= 4 is 85.0 Å². The molecule has 84 heavy (non-hydrogen) atoms. The molecule has 12 rings (SSSR count). The van der Waals surface area contributed by atoms with Gasteiger partial charge in [0.1, 0.15) is 0 Å². The average molecular weight is 1210 g/mol. The minimum atomic E-state index is -3.79. The molecule has 3 N–H and O–H groups in total. The van der Waals surface area contributed by atoms with Crippen molar-refractivity contribution in [2.45, 2.75) is 130 Å². The molecule has 4 fully saturated rings. The molecule has 1 amide bonds. The van der Waals surface area contributed by atoms with E-state index in [1.807, 2.05) is 68.4 Å². The summed E-state index contributed by atoms with van der Waals surface area (Å²) in [6.45, 7) is 21.2. The SMILES string of the molecule is Cc1c(-c2cccnc2C(=O)O)c(N2CCc3cccc(C(=O)Nc4nc5ccccc5s4)c3C2)nn1CC12CC3(C)CC(C)(C1)CC(SCCNCCS(=O)(=O)OCC(C)(C)CCO[Si](c1ccccc1)(c1ccccc1)C(C)(C)C)(C3)C2. The van der Waals surface area contributed by atoms with Crippen LogP contribution in [-0.4, -0.2) is 103 Å². The number of thioether (sulfide) groups is 1. The van der Waals surface area contributed by atoms with Crippen LogP contribution in [0.5, 0.6) is 0 Å². The molecule has 0 spiro atoms. The van der Waals surface area contributed by atoms with Crippen LogP contribution in [0.15, 0.2) is 121 Å². The standard InChI is InChI=1S/C66H81N7O7S3Si/c1-46-55(51-25-18-30-68-56(51)59(75)76)57(72-33-28-47-19-17-24-50(52(47)37-72)58(74)70-60-69-53-26-15-16-27-54(53)82-60)71-73(46)44-65-39-63(7)38-64(8,40-65)42-66(41-63,43-65)81-35-31-67-32-36-83(77,78)79-45-62(5,6)29-34-80-84(61(2,3)4,48-20-11-9-12-21-48)49-22-13-10-14-23-49/h9-27,30,67H,28-29,31-45H2,1-8H3,(H,75,76)(H,69,70,74). The molecule has 4 heterocycles. The summed E-state index contributed by atoms with van der Waals surface area (Å²) in [4.78, 5) is 38.3. The van der Waals surface area contributed by atoms with E-state index in [9.17, 15) is 23.1 Å². The van der Waals surface area contributed by atoms with Gasteiger partial charge < -0.3 is 19.7 Å². The Balaban J connectivity index is 0.743. The van der Waals surface area contributed by atoms with Crippen molar-refractivity contribution in [2.24, 2.45) is 21.7 Å². The van der Waals surface area contributed by atoms with E-state index in [4.69, 9.17) is 13.7 Å². The molecule has 1 aliphatic heterocycles. The molecule has 18 heteroatoms. The van der Waals surface area contributed by atoms with Crippen LogP contribution in [0.3, 0.4) is 0 Å². The van der Waals surface area contributed by atoms with E-state index >= 15 is 0 Å². The second kappa shape index (κ2) is 23.2. The van der Waals surface area contributed by atoms with Gasteiger partial charge in [-0.2, -0.15) is 25.3 Å². The number of hydrogen-bond donors (Lipinski definition) is 3. The molecule has 0 saturated heterocycles. The Labute approximate surface area is 505 Å². The monoisotopic (exact) mass is 1210 g/mol. The molecule has 4 saturated carbocycles. The summed E-state index contributed by atoms with van der Waals surface area (Å²) >= 11 is 3.50. The number of nitrogens with zero attached hydrogens (tertiary/aromatic N) is 5. The third kappa shape index (κ3) is 12.3. The van der Waals surface area contributed by atoms with Crippen LogP contribution in [0, 0.1) is 28.6 Å². The van der Waals surface area contributed by atoms with E-state index in [1.165, 1.54) is 34.3 Å². The molecule has 2 unspecified atom stereocenters. The number of aromatic carboxylic acids is 1. The number of amides is 1. The summed E-state index contributed by atoms with van der Waals surface area (Å²) in [6.07, 6.45) is 9.50. The predicted octanol–water partition coefficient (Wildman–Crippen LogP) is 12.2. The maximum absolute atomic E-state index is 14.1. The Bertz CT molecular complexity index is 3590. The Hall–Kier alpha value is -5.73. The molecule has 0 radical (unpaired) electrons. The van der Waals surface area contributed by atoms with Crippen LogP contribution < -0.4 is 25.9 Å². The molecule has 5 aliphatic rings. The lowest BCUT2D eigenvalue weighted by molar-refractivity contribution is -0.139. The Morgan fingerprint density at radius 2 is 1.52 bits per heavy atom. The van der Waals surface area contributed by atoms with E-state index in [0.29, 0.717) is 74.2 Å². The molecule has 444 valence electrons. The van der Waals surface area contributed by atoms with Crippen molar-refractivity contribution in [3.63, 3.8) is 0 Å². The number of aromatic nitrogens is 4. The Morgan fingerprint density at radius 3 is 2.20 bits per heavy atom. The summed E-state index contributed by atoms with van der Waals surface area (Å²) in [6, 6.07) is 38.5. The van der Waals surface area contributed by atoms with Crippen LogP contribution in [-0.2, 0) is 38.2 Å². The third-order valence-corrected chi connectivity index (χ3v) is 26.9. The van der Waals surface area contributed by atoms with Crippen LogP contribution >= 0.6 is 23.1 Å². The predicted molar refractivity (Wildman–Crippen MR) is 342 cm³/mol.